The van der Waals surface area contributed by atoms with E-state index in [0.717, 1.165) is 37.0 Å². The average molecular weight is 344 g/mol. The molecule has 3 rings (SSSR count). The second-order valence-corrected chi connectivity index (χ2v) is 6.22. The zero-order chi connectivity index (χ0) is 18.0. The number of nitrogens with zero attached hydrogens (tertiary/aromatic N) is 1. The third-order valence-corrected chi connectivity index (χ3v) is 4.59. The highest BCUT2D eigenvalue weighted by atomic mass is 16.5. The molecule has 2 N–H and O–H groups in total. The minimum Gasteiger partial charge on any atom is -0.504 e. The van der Waals surface area contributed by atoms with Crippen LogP contribution < -0.4 is 10.1 Å². The molecule has 7 nitrogen and oxygen atoms in total. The third kappa shape index (κ3) is 3.35. The highest BCUT2D eigenvalue weighted by molar-refractivity contribution is 6.31. The Morgan fingerprint density at radius 3 is 2.56 bits per heavy atom. The summed E-state index contributed by atoms with van der Waals surface area (Å²) in [5.41, 5.74) is 0.351. The molecular formula is C18H20N2O5. The molecular weight excluding hydrogens is 324 g/mol. The number of urea groups is 1. The number of carbonyl (C=O) groups excluding carboxylic acids is 3. The molecule has 0 spiro atoms. The van der Waals surface area contributed by atoms with Crippen LogP contribution >= 0.6 is 0 Å². The number of aromatic hydroxyl groups is 1. The molecule has 0 radical (unpaired) electrons. The van der Waals surface area contributed by atoms with Gasteiger partial charge in [-0.2, -0.15) is 0 Å². The molecule has 1 saturated carbocycles. The van der Waals surface area contributed by atoms with E-state index in [1.165, 1.54) is 25.3 Å². The first-order chi connectivity index (χ1) is 12.0. The van der Waals surface area contributed by atoms with E-state index < -0.39 is 17.8 Å². The molecule has 2 fully saturated rings. The van der Waals surface area contributed by atoms with Crippen molar-refractivity contribution < 1.29 is 24.2 Å². The molecule has 0 aromatic heterocycles. The molecule has 0 atom stereocenters. The summed E-state index contributed by atoms with van der Waals surface area (Å²) in [6.07, 6.45) is 5.89. The minimum absolute atomic E-state index is 0.0965. The van der Waals surface area contributed by atoms with E-state index in [2.05, 4.69) is 5.32 Å². The number of rotatable bonds is 3. The number of benzene rings is 1. The first kappa shape index (κ1) is 17.0. The molecule has 132 valence electrons. The van der Waals surface area contributed by atoms with E-state index >= 15 is 0 Å². The van der Waals surface area contributed by atoms with E-state index in [-0.39, 0.29) is 17.4 Å². The van der Waals surface area contributed by atoms with Gasteiger partial charge in [-0.25, -0.2) is 4.79 Å². The first-order valence-corrected chi connectivity index (χ1v) is 8.29. The van der Waals surface area contributed by atoms with E-state index in [9.17, 15) is 19.5 Å². The SMILES string of the molecule is COc1ccc(/C=C2/C(=O)NC(=O)N(C3CCCCC3)C2=O)cc1O. The summed E-state index contributed by atoms with van der Waals surface area (Å²) in [4.78, 5) is 38.2. The summed E-state index contributed by atoms with van der Waals surface area (Å²) in [6, 6.07) is 3.72. The number of phenolic OH excluding ortho intramolecular Hbond substituents is 1. The number of ether oxygens (including phenoxy) is 1. The van der Waals surface area contributed by atoms with Gasteiger partial charge in [0.2, 0.25) is 0 Å². The van der Waals surface area contributed by atoms with Crippen molar-refractivity contribution in [3.05, 3.63) is 29.3 Å². The molecule has 1 aromatic carbocycles. The van der Waals surface area contributed by atoms with Gasteiger partial charge in [0.05, 0.1) is 7.11 Å². The largest absolute Gasteiger partial charge is 0.504 e. The smallest absolute Gasteiger partial charge is 0.331 e. The van der Waals surface area contributed by atoms with Gasteiger partial charge in [-0.3, -0.25) is 19.8 Å². The lowest BCUT2D eigenvalue weighted by Gasteiger charge is -2.35. The van der Waals surface area contributed by atoms with E-state index in [1.807, 2.05) is 0 Å². The molecule has 1 aliphatic heterocycles. The molecule has 1 saturated heterocycles. The van der Waals surface area contributed by atoms with Crippen molar-refractivity contribution in [3.63, 3.8) is 0 Å². The number of nitrogens with one attached hydrogen (secondary N) is 1. The van der Waals surface area contributed by atoms with Crippen LogP contribution in [0.1, 0.15) is 37.7 Å². The van der Waals surface area contributed by atoms with Gasteiger partial charge in [0.15, 0.2) is 11.5 Å². The van der Waals surface area contributed by atoms with Crippen LogP contribution in [0.2, 0.25) is 0 Å². The van der Waals surface area contributed by atoms with E-state index in [0.29, 0.717) is 11.3 Å². The van der Waals surface area contributed by atoms with Crippen molar-refractivity contribution in [3.8, 4) is 11.5 Å². The van der Waals surface area contributed by atoms with Crippen LogP contribution in [0.4, 0.5) is 4.79 Å². The quantitative estimate of drug-likeness (QED) is 0.647. The Balaban J connectivity index is 1.91. The molecule has 2 aliphatic rings. The average Bonchev–Trinajstić information content (AvgIpc) is 2.59. The lowest BCUT2D eigenvalue weighted by Crippen LogP contribution is -2.58. The fraction of sp³-hybridized carbons (Fsp3) is 0.389. The molecule has 7 heteroatoms. The van der Waals surface area contributed by atoms with Gasteiger partial charge in [0, 0.05) is 6.04 Å². The number of imide groups is 2. The van der Waals surface area contributed by atoms with Gasteiger partial charge in [-0.1, -0.05) is 25.3 Å². The van der Waals surface area contributed by atoms with Gasteiger partial charge in [0.25, 0.3) is 11.8 Å². The van der Waals surface area contributed by atoms with Crippen molar-refractivity contribution in [2.45, 2.75) is 38.1 Å². The van der Waals surface area contributed by atoms with Gasteiger partial charge in [0.1, 0.15) is 5.57 Å². The van der Waals surface area contributed by atoms with Gasteiger partial charge in [-0.15, -0.1) is 0 Å². The standard InChI is InChI=1S/C18H20N2O5/c1-25-15-8-7-11(10-14(15)21)9-13-16(22)19-18(24)20(17(13)23)12-5-3-2-4-6-12/h7-10,12,21H,2-6H2,1H3,(H,19,22,24)/b13-9-. The number of hydrogen-bond acceptors (Lipinski definition) is 5. The predicted molar refractivity (Wildman–Crippen MR) is 89.9 cm³/mol. The van der Waals surface area contributed by atoms with Crippen LogP contribution in [0, 0.1) is 0 Å². The third-order valence-electron chi connectivity index (χ3n) is 4.59. The van der Waals surface area contributed by atoms with Gasteiger partial charge in [-0.05, 0) is 36.6 Å². The number of amides is 4. The molecule has 1 aliphatic carbocycles. The van der Waals surface area contributed by atoms with Crippen molar-refractivity contribution in [2.24, 2.45) is 0 Å². The molecule has 0 unspecified atom stereocenters. The highest BCUT2D eigenvalue weighted by Gasteiger charge is 2.40. The molecule has 4 amide bonds. The van der Waals surface area contributed by atoms with Crippen molar-refractivity contribution >= 4 is 23.9 Å². The number of carbonyl (C=O) groups is 3. The van der Waals surface area contributed by atoms with Gasteiger partial charge < -0.3 is 9.84 Å². The maximum atomic E-state index is 12.7. The molecule has 1 aromatic rings. The molecule has 0 bridgehead atoms. The number of phenols is 1. The topological polar surface area (TPSA) is 95.9 Å². The Morgan fingerprint density at radius 1 is 1.20 bits per heavy atom. The Bertz CT molecular complexity index is 750. The maximum absolute atomic E-state index is 12.7. The summed E-state index contributed by atoms with van der Waals surface area (Å²) < 4.78 is 4.97. The monoisotopic (exact) mass is 344 g/mol. The van der Waals surface area contributed by atoms with Crippen LogP contribution in [-0.2, 0) is 9.59 Å². The van der Waals surface area contributed by atoms with E-state index in [4.69, 9.17) is 4.74 Å². The maximum Gasteiger partial charge on any atom is 0.331 e. The Labute approximate surface area is 145 Å². The van der Waals surface area contributed by atoms with Crippen molar-refractivity contribution in [1.29, 1.82) is 0 Å². The van der Waals surface area contributed by atoms with Crippen LogP contribution in [0.3, 0.4) is 0 Å². The fourth-order valence-corrected chi connectivity index (χ4v) is 3.31. The van der Waals surface area contributed by atoms with Crippen LogP contribution in [0.5, 0.6) is 11.5 Å². The van der Waals surface area contributed by atoms with Crippen LogP contribution in [-0.4, -0.2) is 41.0 Å². The lowest BCUT2D eigenvalue weighted by molar-refractivity contribution is -0.132. The Kier molecular flexibility index (Phi) is 4.74. The first-order valence-electron chi connectivity index (χ1n) is 8.29. The van der Waals surface area contributed by atoms with Gasteiger partial charge >= 0.3 is 6.03 Å². The summed E-state index contributed by atoms with van der Waals surface area (Å²) in [7, 11) is 1.43. The fourth-order valence-electron chi connectivity index (χ4n) is 3.31. The Hall–Kier alpha value is -2.83. The Morgan fingerprint density at radius 2 is 1.92 bits per heavy atom. The van der Waals surface area contributed by atoms with Crippen LogP contribution in [0.25, 0.3) is 6.08 Å². The summed E-state index contributed by atoms with van der Waals surface area (Å²) in [6.45, 7) is 0. The van der Waals surface area contributed by atoms with Crippen molar-refractivity contribution in [1.82, 2.24) is 10.2 Å². The molecule has 1 heterocycles. The highest BCUT2D eigenvalue weighted by Crippen LogP contribution is 2.29. The lowest BCUT2D eigenvalue weighted by atomic mass is 9.93. The van der Waals surface area contributed by atoms with E-state index in [1.54, 1.807) is 6.07 Å². The zero-order valence-electron chi connectivity index (χ0n) is 13.9. The zero-order valence-corrected chi connectivity index (χ0v) is 13.9. The summed E-state index contributed by atoms with van der Waals surface area (Å²) >= 11 is 0. The second-order valence-electron chi connectivity index (χ2n) is 6.22. The molecule has 25 heavy (non-hydrogen) atoms. The number of methoxy groups -OCH3 is 1. The second kappa shape index (κ2) is 6.96. The summed E-state index contributed by atoms with van der Waals surface area (Å²) in [5, 5.41) is 12.1. The number of barbiturate groups is 1. The normalized spacial score (nSPS) is 20.8. The number of hydrogen-bond donors (Lipinski definition) is 2. The summed E-state index contributed by atoms with van der Waals surface area (Å²) in [5.74, 6) is -1.12. The minimum atomic E-state index is -0.725. The van der Waals surface area contributed by atoms with Crippen molar-refractivity contribution in [2.75, 3.05) is 7.11 Å². The predicted octanol–water partition coefficient (Wildman–Crippen LogP) is 2.20. The van der Waals surface area contributed by atoms with Crippen LogP contribution in [0.15, 0.2) is 23.8 Å².